The van der Waals surface area contributed by atoms with Gasteiger partial charge in [0.05, 0.1) is 15.5 Å². The normalized spacial score (nSPS) is 12.5. The van der Waals surface area contributed by atoms with Crippen LogP contribution in [0.1, 0.15) is 23.4 Å². The molecule has 0 saturated heterocycles. The Morgan fingerprint density at radius 3 is 2.65 bits per heavy atom. The third kappa shape index (κ3) is 3.07. The standard InChI is InChI=1S/C13H13BrFNS/c1-8-3-4-11(10(15)7-8)16-9(2)12-5-6-13(14)17-12/h3-7,9,16H,1-2H3. The molecule has 0 aliphatic heterocycles. The summed E-state index contributed by atoms with van der Waals surface area (Å²) in [7, 11) is 0. The molecule has 0 radical (unpaired) electrons. The van der Waals surface area contributed by atoms with E-state index in [4.69, 9.17) is 0 Å². The van der Waals surface area contributed by atoms with E-state index < -0.39 is 0 Å². The van der Waals surface area contributed by atoms with Crippen molar-refractivity contribution in [2.24, 2.45) is 0 Å². The molecular formula is C13H13BrFNS. The Balaban J connectivity index is 2.15. The summed E-state index contributed by atoms with van der Waals surface area (Å²) in [6, 6.07) is 9.37. The first kappa shape index (κ1) is 12.6. The van der Waals surface area contributed by atoms with Crippen LogP contribution < -0.4 is 5.32 Å². The van der Waals surface area contributed by atoms with Crippen molar-refractivity contribution in [3.63, 3.8) is 0 Å². The lowest BCUT2D eigenvalue weighted by Gasteiger charge is -2.14. The maximum Gasteiger partial charge on any atom is 0.146 e. The van der Waals surface area contributed by atoms with Crippen LogP contribution in [0.3, 0.4) is 0 Å². The number of rotatable bonds is 3. The fourth-order valence-corrected chi connectivity index (χ4v) is 3.03. The summed E-state index contributed by atoms with van der Waals surface area (Å²) in [5, 5.41) is 3.18. The van der Waals surface area contributed by atoms with Gasteiger partial charge in [-0.3, -0.25) is 0 Å². The van der Waals surface area contributed by atoms with Crippen molar-refractivity contribution in [3.8, 4) is 0 Å². The van der Waals surface area contributed by atoms with Crippen molar-refractivity contribution in [2.45, 2.75) is 19.9 Å². The van der Waals surface area contributed by atoms with E-state index in [1.165, 1.54) is 4.88 Å². The lowest BCUT2D eigenvalue weighted by Crippen LogP contribution is -2.06. The highest BCUT2D eigenvalue weighted by atomic mass is 79.9. The predicted octanol–water partition coefficient (Wildman–Crippen LogP) is 5.13. The first-order chi connectivity index (χ1) is 8.06. The third-order valence-corrected chi connectivity index (χ3v) is 4.32. The van der Waals surface area contributed by atoms with Gasteiger partial charge in [-0.05, 0) is 59.6 Å². The molecule has 0 spiro atoms. The van der Waals surface area contributed by atoms with Crippen LogP contribution in [0.4, 0.5) is 10.1 Å². The zero-order valence-corrected chi connectivity index (χ0v) is 12.0. The first-order valence-electron chi connectivity index (χ1n) is 5.34. The Hall–Kier alpha value is -0.870. The summed E-state index contributed by atoms with van der Waals surface area (Å²) < 4.78 is 14.8. The molecule has 1 aromatic carbocycles. The van der Waals surface area contributed by atoms with Crippen LogP contribution in [0.5, 0.6) is 0 Å². The molecule has 0 amide bonds. The van der Waals surface area contributed by atoms with Gasteiger partial charge in [-0.2, -0.15) is 0 Å². The van der Waals surface area contributed by atoms with Crippen LogP contribution in [-0.4, -0.2) is 0 Å². The quantitative estimate of drug-likeness (QED) is 0.828. The maximum atomic E-state index is 13.7. The molecule has 90 valence electrons. The smallest absolute Gasteiger partial charge is 0.146 e. The monoisotopic (exact) mass is 313 g/mol. The molecule has 4 heteroatoms. The second-order valence-electron chi connectivity index (χ2n) is 3.99. The summed E-state index contributed by atoms with van der Waals surface area (Å²) in [5.41, 5.74) is 1.48. The van der Waals surface area contributed by atoms with Crippen molar-refractivity contribution in [1.29, 1.82) is 0 Å². The highest BCUT2D eigenvalue weighted by molar-refractivity contribution is 9.11. The molecule has 0 bridgehead atoms. The second-order valence-corrected chi connectivity index (χ2v) is 6.49. The van der Waals surface area contributed by atoms with Crippen molar-refractivity contribution in [1.82, 2.24) is 0 Å². The number of thiophene rings is 1. The number of aryl methyl sites for hydroxylation is 1. The largest absolute Gasteiger partial charge is 0.375 e. The number of hydrogen-bond donors (Lipinski definition) is 1. The van der Waals surface area contributed by atoms with Gasteiger partial charge in [0.25, 0.3) is 0 Å². The van der Waals surface area contributed by atoms with E-state index in [9.17, 15) is 4.39 Å². The molecule has 17 heavy (non-hydrogen) atoms. The highest BCUT2D eigenvalue weighted by Crippen LogP contribution is 2.30. The van der Waals surface area contributed by atoms with Crippen molar-refractivity contribution >= 4 is 33.0 Å². The number of nitrogens with one attached hydrogen (secondary N) is 1. The van der Waals surface area contributed by atoms with E-state index in [0.29, 0.717) is 5.69 Å². The van der Waals surface area contributed by atoms with E-state index in [0.717, 1.165) is 9.35 Å². The van der Waals surface area contributed by atoms with Crippen LogP contribution in [0, 0.1) is 12.7 Å². The van der Waals surface area contributed by atoms with Crippen LogP contribution >= 0.6 is 27.3 Å². The molecule has 2 aromatic rings. The molecule has 1 atom stereocenters. The molecule has 1 aromatic heterocycles. The molecule has 0 saturated carbocycles. The van der Waals surface area contributed by atoms with Gasteiger partial charge in [-0.15, -0.1) is 11.3 Å². The van der Waals surface area contributed by atoms with Gasteiger partial charge in [0.2, 0.25) is 0 Å². The third-order valence-electron chi connectivity index (χ3n) is 2.52. The summed E-state index contributed by atoms with van der Waals surface area (Å²) in [6.45, 7) is 3.91. The molecule has 0 aliphatic rings. The van der Waals surface area contributed by atoms with Crippen LogP contribution in [0.15, 0.2) is 34.1 Å². The average Bonchev–Trinajstić information content (AvgIpc) is 2.69. The Bertz CT molecular complexity index is 524. The molecule has 1 N–H and O–H groups in total. The highest BCUT2D eigenvalue weighted by Gasteiger charge is 2.10. The van der Waals surface area contributed by atoms with Crippen molar-refractivity contribution in [3.05, 3.63) is 50.4 Å². The van der Waals surface area contributed by atoms with Gasteiger partial charge in [0, 0.05) is 4.88 Å². The van der Waals surface area contributed by atoms with Gasteiger partial charge in [-0.25, -0.2) is 4.39 Å². The van der Waals surface area contributed by atoms with Gasteiger partial charge < -0.3 is 5.32 Å². The van der Waals surface area contributed by atoms with Crippen LogP contribution in [0.25, 0.3) is 0 Å². The molecule has 2 rings (SSSR count). The van der Waals surface area contributed by atoms with E-state index >= 15 is 0 Å². The zero-order valence-electron chi connectivity index (χ0n) is 9.63. The molecule has 0 fully saturated rings. The maximum absolute atomic E-state index is 13.7. The predicted molar refractivity (Wildman–Crippen MR) is 75.2 cm³/mol. The minimum absolute atomic E-state index is 0.100. The summed E-state index contributed by atoms with van der Waals surface area (Å²) in [6.07, 6.45) is 0. The fourth-order valence-electron chi connectivity index (χ4n) is 1.60. The van der Waals surface area contributed by atoms with Crippen LogP contribution in [0.2, 0.25) is 0 Å². The summed E-state index contributed by atoms with van der Waals surface area (Å²) in [5.74, 6) is -0.201. The molecule has 1 nitrogen and oxygen atoms in total. The number of benzene rings is 1. The van der Waals surface area contributed by atoms with Crippen molar-refractivity contribution in [2.75, 3.05) is 5.32 Å². The fraction of sp³-hybridized carbons (Fsp3) is 0.231. The van der Waals surface area contributed by atoms with E-state index in [-0.39, 0.29) is 11.9 Å². The SMILES string of the molecule is Cc1ccc(NC(C)c2ccc(Br)s2)c(F)c1. The minimum atomic E-state index is -0.201. The molecular weight excluding hydrogens is 301 g/mol. The summed E-state index contributed by atoms with van der Waals surface area (Å²) >= 11 is 5.08. The van der Waals surface area contributed by atoms with E-state index in [1.54, 1.807) is 23.5 Å². The lowest BCUT2D eigenvalue weighted by molar-refractivity contribution is 0.626. The Labute approximate surface area is 113 Å². The topological polar surface area (TPSA) is 12.0 Å². The molecule has 1 unspecified atom stereocenters. The second kappa shape index (κ2) is 5.19. The van der Waals surface area contributed by atoms with E-state index in [2.05, 4.69) is 21.2 Å². The number of anilines is 1. The van der Waals surface area contributed by atoms with Gasteiger partial charge in [0.1, 0.15) is 5.82 Å². The zero-order chi connectivity index (χ0) is 12.4. The van der Waals surface area contributed by atoms with Gasteiger partial charge >= 0.3 is 0 Å². The Morgan fingerprint density at radius 1 is 1.29 bits per heavy atom. The lowest BCUT2D eigenvalue weighted by atomic mass is 10.2. The number of hydrogen-bond acceptors (Lipinski definition) is 2. The minimum Gasteiger partial charge on any atom is -0.375 e. The van der Waals surface area contributed by atoms with Gasteiger partial charge in [-0.1, -0.05) is 6.07 Å². The molecule has 1 heterocycles. The molecule has 0 aliphatic carbocycles. The summed E-state index contributed by atoms with van der Waals surface area (Å²) in [4.78, 5) is 1.18. The average molecular weight is 314 g/mol. The first-order valence-corrected chi connectivity index (χ1v) is 6.95. The van der Waals surface area contributed by atoms with Gasteiger partial charge in [0.15, 0.2) is 0 Å². The Morgan fingerprint density at radius 2 is 2.06 bits per heavy atom. The van der Waals surface area contributed by atoms with Crippen molar-refractivity contribution < 1.29 is 4.39 Å². The Kier molecular flexibility index (Phi) is 3.84. The van der Waals surface area contributed by atoms with E-state index in [1.807, 2.05) is 32.0 Å². The number of halogens is 2. The van der Waals surface area contributed by atoms with Crippen LogP contribution in [-0.2, 0) is 0 Å².